The molecular formula is C14H15ClN2O2. The van der Waals surface area contributed by atoms with Gasteiger partial charge in [-0.25, -0.2) is 0 Å². The monoisotopic (exact) mass is 278 g/mol. The van der Waals surface area contributed by atoms with Crippen LogP contribution in [-0.2, 0) is 17.8 Å². The normalized spacial score (nSPS) is 11.2. The predicted octanol–water partition coefficient (Wildman–Crippen LogP) is 2.58. The summed E-state index contributed by atoms with van der Waals surface area (Å²) in [5.74, 6) is -0.908. The molecule has 0 radical (unpaired) electrons. The fourth-order valence-electron chi connectivity index (χ4n) is 1.99. The van der Waals surface area contributed by atoms with Crippen molar-refractivity contribution in [3.63, 3.8) is 0 Å². The lowest BCUT2D eigenvalue weighted by molar-refractivity contribution is -0.136. The first-order valence-electron chi connectivity index (χ1n) is 5.91. The van der Waals surface area contributed by atoms with Gasteiger partial charge in [0.2, 0.25) is 0 Å². The third-order valence-electron chi connectivity index (χ3n) is 2.77. The molecule has 0 unspecified atom stereocenters. The molecule has 1 N–H and O–H groups in total. The molecule has 0 aliphatic rings. The van der Waals surface area contributed by atoms with E-state index in [9.17, 15) is 4.79 Å². The summed E-state index contributed by atoms with van der Waals surface area (Å²) in [4.78, 5) is 17.5. The molecule has 19 heavy (non-hydrogen) atoms. The highest BCUT2D eigenvalue weighted by Crippen LogP contribution is 2.25. The summed E-state index contributed by atoms with van der Waals surface area (Å²) in [6.45, 7) is 0.703. The van der Waals surface area contributed by atoms with Crippen LogP contribution in [0.5, 0.6) is 0 Å². The van der Waals surface area contributed by atoms with Crippen molar-refractivity contribution in [2.75, 3.05) is 14.1 Å². The fourth-order valence-corrected chi connectivity index (χ4v) is 2.21. The minimum Gasteiger partial charge on any atom is -0.481 e. The largest absolute Gasteiger partial charge is 0.481 e. The van der Waals surface area contributed by atoms with E-state index < -0.39 is 5.97 Å². The van der Waals surface area contributed by atoms with E-state index in [2.05, 4.69) is 4.98 Å². The van der Waals surface area contributed by atoms with Gasteiger partial charge in [0, 0.05) is 22.5 Å². The van der Waals surface area contributed by atoms with Gasteiger partial charge in [-0.05, 0) is 26.2 Å². The molecule has 2 rings (SSSR count). The first kappa shape index (κ1) is 13.8. The van der Waals surface area contributed by atoms with E-state index in [-0.39, 0.29) is 6.42 Å². The second-order valence-electron chi connectivity index (χ2n) is 4.71. The van der Waals surface area contributed by atoms with Crippen LogP contribution in [-0.4, -0.2) is 35.1 Å². The Morgan fingerprint density at radius 1 is 1.32 bits per heavy atom. The first-order valence-corrected chi connectivity index (χ1v) is 6.28. The van der Waals surface area contributed by atoms with Crippen LogP contribution in [0.15, 0.2) is 24.3 Å². The molecule has 4 nitrogen and oxygen atoms in total. The van der Waals surface area contributed by atoms with Gasteiger partial charge >= 0.3 is 5.97 Å². The number of halogens is 1. The van der Waals surface area contributed by atoms with Crippen LogP contribution in [0.2, 0.25) is 5.02 Å². The highest BCUT2D eigenvalue weighted by atomic mass is 35.5. The predicted molar refractivity (Wildman–Crippen MR) is 75.5 cm³/mol. The van der Waals surface area contributed by atoms with Gasteiger partial charge in [-0.2, -0.15) is 0 Å². The lowest BCUT2D eigenvalue weighted by Crippen LogP contribution is -2.12. The molecule has 0 bridgehead atoms. The van der Waals surface area contributed by atoms with Gasteiger partial charge in [-0.3, -0.25) is 9.78 Å². The van der Waals surface area contributed by atoms with E-state index in [4.69, 9.17) is 16.7 Å². The molecule has 1 aromatic carbocycles. The van der Waals surface area contributed by atoms with Crippen molar-refractivity contribution in [1.29, 1.82) is 0 Å². The molecule has 0 atom stereocenters. The maximum absolute atomic E-state index is 10.9. The van der Waals surface area contributed by atoms with Crippen molar-refractivity contribution in [1.82, 2.24) is 9.88 Å². The van der Waals surface area contributed by atoms with E-state index in [1.165, 1.54) is 0 Å². The summed E-state index contributed by atoms with van der Waals surface area (Å²) in [5, 5.41) is 10.3. The second kappa shape index (κ2) is 5.55. The third kappa shape index (κ3) is 3.22. The van der Waals surface area contributed by atoms with Crippen LogP contribution >= 0.6 is 11.6 Å². The third-order valence-corrected chi connectivity index (χ3v) is 3.13. The van der Waals surface area contributed by atoms with Crippen LogP contribution in [0.4, 0.5) is 0 Å². The van der Waals surface area contributed by atoms with Crippen molar-refractivity contribution in [3.8, 4) is 0 Å². The van der Waals surface area contributed by atoms with Gasteiger partial charge in [0.15, 0.2) is 0 Å². The Bertz CT molecular complexity index is 626. The average molecular weight is 279 g/mol. The molecule has 0 saturated carbocycles. The van der Waals surface area contributed by atoms with E-state index in [0.717, 1.165) is 11.1 Å². The van der Waals surface area contributed by atoms with Gasteiger partial charge in [0.25, 0.3) is 0 Å². The number of carboxylic acids is 1. The zero-order chi connectivity index (χ0) is 14.0. The van der Waals surface area contributed by atoms with E-state index in [1.807, 2.05) is 37.2 Å². The second-order valence-corrected chi connectivity index (χ2v) is 5.12. The van der Waals surface area contributed by atoms with Crippen molar-refractivity contribution in [3.05, 3.63) is 40.5 Å². The average Bonchev–Trinajstić information content (AvgIpc) is 2.32. The molecule has 1 aromatic heterocycles. The molecule has 0 spiro atoms. The Hall–Kier alpha value is -1.65. The molecule has 2 aromatic rings. The number of pyridine rings is 1. The maximum atomic E-state index is 10.9. The molecule has 1 heterocycles. The number of aliphatic carboxylic acids is 1. The molecule has 0 fully saturated rings. The van der Waals surface area contributed by atoms with Crippen LogP contribution < -0.4 is 0 Å². The van der Waals surface area contributed by atoms with Crippen molar-refractivity contribution in [2.45, 2.75) is 13.0 Å². The number of benzene rings is 1. The molecule has 0 saturated heterocycles. The Morgan fingerprint density at radius 2 is 2.00 bits per heavy atom. The zero-order valence-electron chi connectivity index (χ0n) is 10.9. The van der Waals surface area contributed by atoms with Crippen LogP contribution in [0.3, 0.4) is 0 Å². The Balaban J connectivity index is 2.56. The SMILES string of the molecule is CN(C)Cc1ccc2ccc(Cl)c(CC(=O)O)c2n1. The number of rotatable bonds is 4. The van der Waals surface area contributed by atoms with Crippen LogP contribution in [0.25, 0.3) is 10.9 Å². The molecular weight excluding hydrogens is 264 g/mol. The van der Waals surface area contributed by atoms with Crippen LogP contribution in [0.1, 0.15) is 11.3 Å². The minimum absolute atomic E-state index is 0.116. The molecule has 0 amide bonds. The molecule has 100 valence electrons. The standard InChI is InChI=1S/C14H15ClN2O2/c1-17(2)8-10-5-3-9-4-6-12(15)11(7-13(18)19)14(9)16-10/h3-6H,7-8H2,1-2H3,(H,18,19). The molecule has 5 heteroatoms. The number of hydrogen-bond donors (Lipinski definition) is 1. The van der Waals surface area contributed by atoms with Gasteiger partial charge in [-0.15, -0.1) is 0 Å². The topological polar surface area (TPSA) is 53.4 Å². The zero-order valence-corrected chi connectivity index (χ0v) is 11.6. The van der Waals surface area contributed by atoms with Crippen molar-refractivity contribution in [2.24, 2.45) is 0 Å². The Labute approximate surface area is 116 Å². The molecule has 0 aliphatic heterocycles. The minimum atomic E-state index is -0.908. The summed E-state index contributed by atoms with van der Waals surface area (Å²) >= 11 is 6.09. The van der Waals surface area contributed by atoms with E-state index >= 15 is 0 Å². The van der Waals surface area contributed by atoms with Gasteiger partial charge in [0.1, 0.15) is 0 Å². The highest BCUT2D eigenvalue weighted by Gasteiger charge is 2.12. The van der Waals surface area contributed by atoms with E-state index in [1.54, 1.807) is 6.07 Å². The quantitative estimate of drug-likeness (QED) is 0.934. The summed E-state index contributed by atoms with van der Waals surface area (Å²) in [6, 6.07) is 7.47. The lowest BCUT2D eigenvalue weighted by atomic mass is 10.1. The summed E-state index contributed by atoms with van der Waals surface area (Å²) in [6.07, 6.45) is -0.116. The summed E-state index contributed by atoms with van der Waals surface area (Å²) < 4.78 is 0. The smallest absolute Gasteiger partial charge is 0.307 e. The number of carboxylic acid groups (broad SMARTS) is 1. The van der Waals surface area contributed by atoms with Gasteiger partial charge < -0.3 is 10.0 Å². The number of carbonyl (C=O) groups is 1. The fraction of sp³-hybridized carbons (Fsp3) is 0.286. The van der Waals surface area contributed by atoms with Crippen molar-refractivity contribution >= 4 is 28.5 Å². The maximum Gasteiger partial charge on any atom is 0.307 e. The van der Waals surface area contributed by atoms with Gasteiger partial charge in [0.05, 0.1) is 17.6 Å². The number of nitrogens with zero attached hydrogens (tertiary/aromatic N) is 2. The summed E-state index contributed by atoms with van der Waals surface area (Å²) in [5.41, 5.74) is 2.15. The highest BCUT2D eigenvalue weighted by molar-refractivity contribution is 6.32. The Kier molecular flexibility index (Phi) is 4.02. The lowest BCUT2D eigenvalue weighted by Gasteiger charge is -2.11. The van der Waals surface area contributed by atoms with Crippen molar-refractivity contribution < 1.29 is 9.90 Å². The number of aromatic nitrogens is 1. The van der Waals surface area contributed by atoms with Gasteiger partial charge in [-0.1, -0.05) is 23.7 Å². The number of fused-ring (bicyclic) bond motifs is 1. The van der Waals surface area contributed by atoms with Crippen LogP contribution in [0, 0.1) is 0 Å². The Morgan fingerprint density at radius 3 is 2.63 bits per heavy atom. The summed E-state index contributed by atoms with van der Waals surface area (Å²) in [7, 11) is 3.92. The van der Waals surface area contributed by atoms with E-state index in [0.29, 0.717) is 22.6 Å². The molecule has 0 aliphatic carbocycles. The first-order chi connectivity index (χ1) is 8.97. The number of hydrogen-bond acceptors (Lipinski definition) is 3.